The van der Waals surface area contributed by atoms with Crippen LogP contribution in [0.15, 0.2) is 0 Å². The summed E-state index contributed by atoms with van der Waals surface area (Å²) in [5.41, 5.74) is 0.987. The average Bonchev–Trinajstić information content (AvgIpc) is 4.25. The second-order valence-electron chi connectivity index (χ2n) is 21.0. The minimum atomic E-state index is -2.89. The highest BCUT2D eigenvalue weighted by molar-refractivity contribution is 9.32. The van der Waals surface area contributed by atoms with Crippen molar-refractivity contribution >= 4 is 150 Å². The molecule has 0 aromatic carbocycles. The zero-order valence-corrected chi connectivity index (χ0v) is 59.2. The molecule has 0 aliphatic heterocycles. The fraction of sp³-hybridized carbons (Fsp3) is 1.00. The Morgan fingerprint density at radius 3 is 0.945 bits per heavy atom. The molecule has 0 radical (unpaired) electrons. The van der Waals surface area contributed by atoms with Crippen molar-refractivity contribution in [3.05, 3.63) is 0 Å². The molecular weight excluding hydrogens is 1200 g/mol. The third-order valence-corrected chi connectivity index (χ3v) is 53.5. The lowest BCUT2D eigenvalue weighted by Gasteiger charge is -2.43. The maximum atomic E-state index is 6.68. The number of hydrogen-bond donors (Lipinski definition) is 0. The van der Waals surface area contributed by atoms with Gasteiger partial charge in [-0.25, -0.2) is 0 Å². The highest BCUT2D eigenvalue weighted by Crippen LogP contribution is 2.77. The third-order valence-electron chi connectivity index (χ3n) is 16.3. The van der Waals surface area contributed by atoms with Gasteiger partial charge in [0.05, 0.1) is 0 Å². The first-order valence-electron chi connectivity index (χ1n) is 28.2. The van der Waals surface area contributed by atoms with Gasteiger partial charge in [0.15, 0.2) is 0 Å². The largest absolute Gasteiger partial charge is 0.505 e. The van der Waals surface area contributed by atoms with E-state index in [0.717, 1.165) is 43.4 Å². The fourth-order valence-electron chi connectivity index (χ4n) is 13.6. The second kappa shape index (κ2) is 32.1. The van der Waals surface area contributed by atoms with Crippen molar-refractivity contribution in [3.8, 4) is 0 Å². The van der Waals surface area contributed by atoms with Gasteiger partial charge in [-0.15, -0.1) is 0 Å². The van der Waals surface area contributed by atoms with E-state index >= 15 is 0 Å². The SMILES string of the molecule is CCO[Si](OCC)(OCC)C1CC2CCC1(SSSSC(SSSSC13CCC(CC1[Si](OCC)(OCC)OCC)C3)(SSSSC13CCC(CC1[Si](OCC)(OCC)OCC)C3)C(CC)CCCC(C)C)C2. The van der Waals surface area contributed by atoms with Crippen LogP contribution in [-0.2, 0) is 39.8 Å². The Bertz CT molecular complexity index is 1400. The molecule has 6 saturated carbocycles. The minimum absolute atomic E-state index is 0.108. The van der Waals surface area contributed by atoms with Gasteiger partial charge in [0.25, 0.3) is 0 Å². The van der Waals surface area contributed by atoms with Crippen molar-refractivity contribution in [3.63, 3.8) is 0 Å². The third kappa shape index (κ3) is 16.1. The summed E-state index contributed by atoms with van der Waals surface area (Å²) in [5, 5.41) is 0. The number of rotatable bonds is 42. The Balaban J connectivity index is 1.26. The van der Waals surface area contributed by atoms with Crippen LogP contribution in [0.3, 0.4) is 0 Å². The molecule has 6 aliphatic carbocycles. The summed E-state index contributed by atoms with van der Waals surface area (Å²) in [6.07, 6.45) is 19.7. The molecule has 0 spiro atoms. The van der Waals surface area contributed by atoms with Gasteiger partial charge in [-0.3, -0.25) is 0 Å². The van der Waals surface area contributed by atoms with Crippen LogP contribution in [0.5, 0.6) is 0 Å². The quantitative estimate of drug-likeness (QED) is 0.0251. The molecule has 0 N–H and O–H groups in total. The molecule has 6 rings (SSSR count). The molecule has 10 atom stereocenters. The molecule has 6 bridgehead atoms. The second-order valence-corrected chi connectivity index (χ2v) is 49.1. The van der Waals surface area contributed by atoms with E-state index in [0.29, 0.717) is 87.9 Å². The van der Waals surface area contributed by atoms with E-state index in [9.17, 15) is 0 Å². The number of hydrogen-bond acceptors (Lipinski definition) is 21. The highest BCUT2D eigenvalue weighted by Gasteiger charge is 2.68. The molecule has 9 nitrogen and oxygen atoms in total. The highest BCUT2D eigenvalue weighted by atomic mass is 33.7. The lowest BCUT2D eigenvalue weighted by Crippen LogP contribution is -2.55. The number of fused-ring (bicyclic) bond motifs is 6. The van der Waals surface area contributed by atoms with Gasteiger partial charge in [-0.2, -0.15) is 0 Å². The summed E-state index contributed by atoms with van der Waals surface area (Å²) in [4.78, 5) is 0. The van der Waals surface area contributed by atoms with E-state index in [-0.39, 0.29) is 17.7 Å². The average molecular weight is 1300 g/mol. The summed E-state index contributed by atoms with van der Waals surface area (Å²) >= 11 is 0. The Morgan fingerprint density at radius 2 is 0.712 bits per heavy atom. The predicted octanol–water partition coefficient (Wildman–Crippen LogP) is 19.6. The maximum Gasteiger partial charge on any atom is 0.505 e. The lowest BCUT2D eigenvalue weighted by atomic mass is 9.97. The minimum Gasteiger partial charge on any atom is -0.374 e. The van der Waals surface area contributed by atoms with Crippen LogP contribution < -0.4 is 0 Å². The van der Waals surface area contributed by atoms with Crippen molar-refractivity contribution in [2.24, 2.45) is 29.6 Å². The Hall–Kier alpha value is 4.49. The first kappa shape index (κ1) is 66.6. The standard InChI is InChI=1S/C49H94O9S12Si3/c1-13-42(25-23-24-38(11)12)49(62-68-65-59-46-29-26-39(35-46)32-43(46)71(50-14-2,51-15-3)52-16-4,63-69-66-60-47-30-27-40(36-47)33-44(47)72(53-17-5,54-18-6)55-19-7)64-70-67-61-48-31-28-41(37-48)34-45(48)73(56-20-8,57-21-9)58-22-10/h38-45H,13-37H2,1-12H3. The first-order chi connectivity index (χ1) is 35.3. The van der Waals surface area contributed by atoms with Gasteiger partial charge in [0, 0.05) is 90.3 Å². The van der Waals surface area contributed by atoms with Crippen molar-refractivity contribution in [1.82, 2.24) is 0 Å². The van der Waals surface area contributed by atoms with E-state index in [1.54, 1.807) is 0 Å². The molecule has 0 saturated heterocycles. The van der Waals surface area contributed by atoms with Crippen LogP contribution in [-0.4, -0.2) is 104 Å². The molecule has 6 aliphatic rings. The molecule has 0 aromatic heterocycles. The summed E-state index contributed by atoms with van der Waals surface area (Å²) in [6.45, 7) is 31.9. The van der Waals surface area contributed by atoms with Crippen LogP contribution >= 0.6 is 124 Å². The Kier molecular flexibility index (Phi) is 29.3. The summed E-state index contributed by atoms with van der Waals surface area (Å²) in [7, 11) is 16.5. The van der Waals surface area contributed by atoms with Gasteiger partial charge in [0.2, 0.25) is 0 Å². The van der Waals surface area contributed by atoms with Crippen molar-refractivity contribution in [2.45, 2.75) is 220 Å². The van der Waals surface area contributed by atoms with E-state index in [1.165, 1.54) is 77.0 Å². The van der Waals surface area contributed by atoms with Gasteiger partial charge in [-0.05, 0) is 234 Å². The topological polar surface area (TPSA) is 83.1 Å². The molecular formula is C49H94O9S12Si3. The van der Waals surface area contributed by atoms with E-state index in [1.807, 2.05) is 59.0 Å². The van der Waals surface area contributed by atoms with E-state index in [2.05, 4.69) is 148 Å². The molecule has 0 heterocycles. The normalized spacial score (nSPS) is 31.2. The van der Waals surface area contributed by atoms with Crippen molar-refractivity contribution < 1.29 is 39.8 Å². The van der Waals surface area contributed by atoms with Gasteiger partial charge < -0.3 is 39.8 Å². The summed E-state index contributed by atoms with van der Waals surface area (Å²) in [5.74, 6) is 3.40. The molecule has 0 amide bonds. The summed E-state index contributed by atoms with van der Waals surface area (Å²) in [6, 6.07) is 0. The predicted molar refractivity (Wildman–Crippen MR) is 344 cm³/mol. The van der Waals surface area contributed by atoms with Crippen LogP contribution in [0, 0.1) is 29.6 Å². The molecule has 24 heteroatoms. The maximum absolute atomic E-state index is 6.68. The molecule has 10 unspecified atom stereocenters. The molecule has 0 aromatic rings. The Morgan fingerprint density at radius 1 is 0.425 bits per heavy atom. The molecule has 73 heavy (non-hydrogen) atoms. The zero-order valence-electron chi connectivity index (χ0n) is 46.4. The van der Waals surface area contributed by atoms with Gasteiger partial charge >= 0.3 is 26.4 Å². The van der Waals surface area contributed by atoms with E-state index < -0.39 is 26.4 Å². The zero-order chi connectivity index (χ0) is 52.6. The monoisotopic (exact) mass is 1290 g/mol. The van der Waals surface area contributed by atoms with Crippen molar-refractivity contribution in [1.29, 1.82) is 0 Å². The fourth-order valence-corrected chi connectivity index (χ4v) is 57.5. The smallest absolute Gasteiger partial charge is 0.374 e. The van der Waals surface area contributed by atoms with Gasteiger partial charge in [-0.1, -0.05) is 105 Å². The molecule has 6 fully saturated rings. The lowest BCUT2D eigenvalue weighted by molar-refractivity contribution is 0.0553. The van der Waals surface area contributed by atoms with Gasteiger partial charge in [0.1, 0.15) is 3.41 Å². The van der Waals surface area contributed by atoms with Crippen LogP contribution in [0.25, 0.3) is 0 Å². The Labute approximate surface area is 494 Å². The summed E-state index contributed by atoms with van der Waals surface area (Å²) < 4.78 is 60.3. The van der Waals surface area contributed by atoms with Crippen molar-refractivity contribution in [2.75, 3.05) is 59.5 Å². The molecule has 428 valence electrons. The van der Waals surface area contributed by atoms with Crippen LogP contribution in [0.4, 0.5) is 0 Å². The van der Waals surface area contributed by atoms with Crippen LogP contribution in [0.1, 0.15) is 186 Å². The van der Waals surface area contributed by atoms with Crippen LogP contribution in [0.2, 0.25) is 16.6 Å². The van der Waals surface area contributed by atoms with E-state index in [4.69, 9.17) is 39.8 Å². The first-order valence-corrected chi connectivity index (χ1v) is 48.0.